The Labute approximate surface area is 139 Å². The van der Waals surface area contributed by atoms with Gasteiger partial charge in [-0.2, -0.15) is 0 Å². The van der Waals surface area contributed by atoms with E-state index < -0.39 is 5.97 Å². The van der Waals surface area contributed by atoms with E-state index in [4.69, 9.17) is 9.47 Å². The Morgan fingerprint density at radius 3 is 2.58 bits per heavy atom. The second kappa shape index (κ2) is 7.00. The van der Waals surface area contributed by atoms with Crippen molar-refractivity contribution in [1.29, 1.82) is 0 Å². The SMILES string of the molecule is Cc1ccccc1COC(=O)C1=C(Nc2ccccc2)OCC1=O. The molecule has 0 bridgehead atoms. The first-order chi connectivity index (χ1) is 11.6. The number of rotatable bonds is 5. The molecule has 1 heterocycles. The molecule has 0 amide bonds. The smallest absolute Gasteiger partial charge is 0.347 e. The summed E-state index contributed by atoms with van der Waals surface area (Å²) in [5.74, 6) is -0.927. The Balaban J connectivity index is 1.74. The van der Waals surface area contributed by atoms with E-state index in [1.54, 1.807) is 0 Å². The number of carbonyl (C=O) groups is 2. The van der Waals surface area contributed by atoms with E-state index in [0.29, 0.717) is 0 Å². The van der Waals surface area contributed by atoms with Gasteiger partial charge in [-0.05, 0) is 30.2 Å². The summed E-state index contributed by atoms with van der Waals surface area (Å²) in [4.78, 5) is 24.3. The molecule has 1 N–H and O–H groups in total. The third-order valence-electron chi connectivity index (χ3n) is 3.71. The van der Waals surface area contributed by atoms with Crippen LogP contribution in [0, 0.1) is 6.92 Å². The molecule has 1 aliphatic rings. The van der Waals surface area contributed by atoms with Gasteiger partial charge in [-0.15, -0.1) is 0 Å². The first-order valence-electron chi connectivity index (χ1n) is 7.59. The van der Waals surface area contributed by atoms with Crippen molar-refractivity contribution in [3.63, 3.8) is 0 Å². The van der Waals surface area contributed by atoms with Crippen molar-refractivity contribution < 1.29 is 19.1 Å². The molecule has 0 atom stereocenters. The molecule has 0 saturated heterocycles. The van der Waals surface area contributed by atoms with Crippen LogP contribution in [-0.2, 0) is 25.7 Å². The highest BCUT2D eigenvalue weighted by molar-refractivity contribution is 6.19. The van der Waals surface area contributed by atoms with Gasteiger partial charge in [-0.1, -0.05) is 42.5 Å². The molecule has 0 unspecified atom stereocenters. The number of ketones is 1. The standard InChI is InChI=1S/C19H17NO4/c1-13-7-5-6-8-14(13)11-24-19(22)17-16(21)12-23-18(17)20-15-9-3-2-4-10-15/h2-10,20H,11-12H2,1H3. The Morgan fingerprint density at radius 2 is 1.83 bits per heavy atom. The summed E-state index contributed by atoms with van der Waals surface area (Å²) in [7, 11) is 0. The van der Waals surface area contributed by atoms with Gasteiger partial charge in [0.05, 0.1) is 0 Å². The van der Waals surface area contributed by atoms with Gasteiger partial charge in [0, 0.05) is 5.69 Å². The molecular formula is C19H17NO4. The van der Waals surface area contributed by atoms with Crippen LogP contribution in [0.25, 0.3) is 0 Å². The van der Waals surface area contributed by atoms with Gasteiger partial charge in [-0.25, -0.2) is 4.79 Å². The molecule has 0 fully saturated rings. The lowest BCUT2D eigenvalue weighted by atomic mass is 10.1. The molecule has 2 aromatic carbocycles. The average molecular weight is 323 g/mol. The summed E-state index contributed by atoms with van der Waals surface area (Å²) in [5, 5.41) is 2.95. The number of hydrogen-bond donors (Lipinski definition) is 1. The summed E-state index contributed by atoms with van der Waals surface area (Å²) in [6, 6.07) is 16.8. The van der Waals surface area contributed by atoms with E-state index in [2.05, 4.69) is 5.32 Å². The highest BCUT2D eigenvalue weighted by atomic mass is 16.5. The number of aryl methyl sites for hydroxylation is 1. The zero-order chi connectivity index (χ0) is 16.9. The highest BCUT2D eigenvalue weighted by Crippen LogP contribution is 2.21. The van der Waals surface area contributed by atoms with Crippen molar-refractivity contribution in [1.82, 2.24) is 0 Å². The van der Waals surface area contributed by atoms with Crippen molar-refractivity contribution in [2.24, 2.45) is 0 Å². The van der Waals surface area contributed by atoms with Crippen LogP contribution in [0.4, 0.5) is 5.69 Å². The van der Waals surface area contributed by atoms with Gasteiger partial charge in [-0.3, -0.25) is 4.79 Å². The van der Waals surface area contributed by atoms with E-state index >= 15 is 0 Å². The molecule has 122 valence electrons. The summed E-state index contributed by atoms with van der Waals surface area (Å²) in [5.41, 5.74) is 2.57. The minimum atomic E-state index is -0.681. The molecule has 0 aliphatic carbocycles. The predicted molar refractivity (Wildman–Crippen MR) is 89.0 cm³/mol. The Hall–Kier alpha value is -3.08. The lowest BCUT2D eigenvalue weighted by Gasteiger charge is -2.09. The molecule has 0 radical (unpaired) electrons. The van der Waals surface area contributed by atoms with E-state index in [-0.39, 0.29) is 30.5 Å². The van der Waals surface area contributed by atoms with E-state index in [9.17, 15) is 9.59 Å². The average Bonchev–Trinajstić information content (AvgIpc) is 2.95. The second-order valence-corrected chi connectivity index (χ2v) is 5.41. The van der Waals surface area contributed by atoms with Crippen LogP contribution in [0.1, 0.15) is 11.1 Å². The monoisotopic (exact) mass is 323 g/mol. The summed E-state index contributed by atoms with van der Waals surface area (Å²) >= 11 is 0. The van der Waals surface area contributed by atoms with E-state index in [1.807, 2.05) is 61.5 Å². The number of hydrogen-bond acceptors (Lipinski definition) is 5. The number of esters is 1. The first kappa shape index (κ1) is 15.8. The minimum absolute atomic E-state index is 0.0764. The molecule has 24 heavy (non-hydrogen) atoms. The number of nitrogens with one attached hydrogen (secondary N) is 1. The van der Waals surface area contributed by atoms with Crippen LogP contribution in [0.15, 0.2) is 66.1 Å². The van der Waals surface area contributed by atoms with E-state index in [1.165, 1.54) is 0 Å². The zero-order valence-corrected chi connectivity index (χ0v) is 13.2. The maximum Gasteiger partial charge on any atom is 0.347 e. The normalized spacial score (nSPS) is 13.6. The summed E-state index contributed by atoms with van der Waals surface area (Å²) in [6.07, 6.45) is 0. The largest absolute Gasteiger partial charge is 0.470 e. The van der Waals surface area contributed by atoms with Crippen molar-refractivity contribution in [2.75, 3.05) is 11.9 Å². The minimum Gasteiger partial charge on any atom is -0.470 e. The molecule has 0 spiro atoms. The number of ether oxygens (including phenoxy) is 2. The Bertz CT molecular complexity index is 796. The van der Waals surface area contributed by atoms with Gasteiger partial charge in [0.2, 0.25) is 11.7 Å². The number of Topliss-reactive ketones (excluding diaryl/α,β-unsaturated/α-hetero) is 1. The van der Waals surface area contributed by atoms with Gasteiger partial charge < -0.3 is 14.8 Å². The molecule has 0 saturated carbocycles. The van der Waals surface area contributed by atoms with Crippen molar-refractivity contribution in [3.05, 3.63) is 77.2 Å². The van der Waals surface area contributed by atoms with Crippen molar-refractivity contribution in [2.45, 2.75) is 13.5 Å². The van der Waals surface area contributed by atoms with Crippen LogP contribution in [0.2, 0.25) is 0 Å². The summed E-state index contributed by atoms with van der Waals surface area (Å²) < 4.78 is 10.6. The number of para-hydroxylation sites is 1. The molecule has 2 aromatic rings. The van der Waals surface area contributed by atoms with Crippen molar-refractivity contribution in [3.8, 4) is 0 Å². The van der Waals surface area contributed by atoms with Crippen LogP contribution in [0.3, 0.4) is 0 Å². The molecule has 3 rings (SSSR count). The van der Waals surface area contributed by atoms with Gasteiger partial charge in [0.15, 0.2) is 12.2 Å². The van der Waals surface area contributed by atoms with Crippen LogP contribution >= 0.6 is 0 Å². The zero-order valence-electron chi connectivity index (χ0n) is 13.2. The lowest BCUT2D eigenvalue weighted by Crippen LogP contribution is -2.16. The fraction of sp³-hybridized carbons (Fsp3) is 0.158. The fourth-order valence-electron chi connectivity index (χ4n) is 2.35. The first-order valence-corrected chi connectivity index (χ1v) is 7.59. The van der Waals surface area contributed by atoms with Gasteiger partial charge in [0.25, 0.3) is 0 Å². The Kier molecular flexibility index (Phi) is 4.61. The van der Waals surface area contributed by atoms with Crippen LogP contribution in [-0.4, -0.2) is 18.4 Å². The molecule has 5 nitrogen and oxygen atoms in total. The molecule has 1 aliphatic heterocycles. The molecular weight excluding hydrogens is 306 g/mol. The van der Waals surface area contributed by atoms with Crippen LogP contribution in [0.5, 0.6) is 0 Å². The Morgan fingerprint density at radius 1 is 1.12 bits per heavy atom. The quantitative estimate of drug-likeness (QED) is 0.677. The summed E-state index contributed by atoms with van der Waals surface area (Å²) in [6.45, 7) is 1.89. The van der Waals surface area contributed by atoms with Gasteiger partial charge >= 0.3 is 5.97 Å². The maximum atomic E-state index is 12.3. The highest BCUT2D eigenvalue weighted by Gasteiger charge is 2.32. The second-order valence-electron chi connectivity index (χ2n) is 5.41. The molecule has 5 heteroatoms. The number of anilines is 1. The predicted octanol–water partition coefficient (Wildman–Crippen LogP) is 2.96. The maximum absolute atomic E-state index is 12.3. The number of carbonyl (C=O) groups excluding carboxylic acids is 2. The lowest BCUT2D eigenvalue weighted by molar-refractivity contribution is -0.141. The topological polar surface area (TPSA) is 64.6 Å². The van der Waals surface area contributed by atoms with Crippen molar-refractivity contribution >= 4 is 17.4 Å². The van der Waals surface area contributed by atoms with Gasteiger partial charge in [0.1, 0.15) is 6.61 Å². The third kappa shape index (κ3) is 3.46. The van der Waals surface area contributed by atoms with E-state index in [0.717, 1.165) is 16.8 Å². The molecule has 0 aromatic heterocycles. The third-order valence-corrected chi connectivity index (χ3v) is 3.71. The van der Waals surface area contributed by atoms with Crippen LogP contribution < -0.4 is 5.32 Å². The number of benzene rings is 2. The fourth-order valence-corrected chi connectivity index (χ4v) is 2.35.